The van der Waals surface area contributed by atoms with Gasteiger partial charge in [0, 0.05) is 19.3 Å². The minimum atomic E-state index is -1.11. The Labute approximate surface area is 131 Å². The van der Waals surface area contributed by atoms with E-state index >= 15 is 0 Å². The molecule has 2 N–H and O–H groups in total. The predicted octanol–water partition coefficient (Wildman–Crippen LogP) is 2.41. The Hall–Kier alpha value is -2.24. The molecule has 0 heterocycles. The van der Waals surface area contributed by atoms with Crippen LogP contribution in [0.5, 0.6) is 0 Å². The molecule has 0 aliphatic rings. The van der Waals surface area contributed by atoms with E-state index in [9.17, 15) is 14.7 Å². The minimum Gasteiger partial charge on any atom is -0.480 e. The largest absolute Gasteiger partial charge is 0.480 e. The molecule has 0 bridgehead atoms. The van der Waals surface area contributed by atoms with Gasteiger partial charge in [-0.1, -0.05) is 18.2 Å². The van der Waals surface area contributed by atoms with E-state index in [1.807, 2.05) is 31.2 Å². The summed E-state index contributed by atoms with van der Waals surface area (Å²) in [5.41, 5.74) is 1.28. The third-order valence-electron chi connectivity index (χ3n) is 2.97. The molecule has 1 aromatic carbocycles. The number of carboxylic acid groups (broad SMARTS) is 1. The first-order valence-electron chi connectivity index (χ1n) is 7.09. The number of rotatable bonds is 5. The molecule has 122 valence electrons. The summed E-state index contributed by atoms with van der Waals surface area (Å²) >= 11 is 0. The average Bonchev–Trinajstić information content (AvgIpc) is 2.35. The molecule has 0 fully saturated rings. The highest BCUT2D eigenvalue weighted by Crippen LogP contribution is 2.18. The van der Waals surface area contributed by atoms with Gasteiger partial charge in [0.25, 0.3) is 0 Å². The van der Waals surface area contributed by atoms with Crippen LogP contribution in [0.15, 0.2) is 24.3 Å². The maximum absolute atomic E-state index is 11.7. The van der Waals surface area contributed by atoms with E-state index in [4.69, 9.17) is 4.74 Å². The maximum atomic E-state index is 11.7. The Bertz CT molecular complexity index is 537. The number of ether oxygens (including phenoxy) is 1. The van der Waals surface area contributed by atoms with Crippen LogP contribution in [0.2, 0.25) is 0 Å². The SMILES string of the molecule is Cc1ccccc1N(C)C[C@@H](NC(=O)OC(C)(C)C)C(=O)O. The number of likely N-dealkylation sites (N-methyl/N-ethyl adjacent to an activating group) is 1. The fourth-order valence-electron chi connectivity index (χ4n) is 2.00. The summed E-state index contributed by atoms with van der Waals surface area (Å²) in [5.74, 6) is -1.11. The second kappa shape index (κ2) is 7.15. The standard InChI is InChI=1S/C16H24N2O4/c1-11-8-6-7-9-13(11)18(5)10-12(14(19)20)17-15(21)22-16(2,3)4/h6-9,12H,10H2,1-5H3,(H,17,21)(H,19,20)/t12-/m1/s1. The number of aliphatic carboxylic acids is 1. The van der Waals surface area contributed by atoms with E-state index in [2.05, 4.69) is 5.32 Å². The molecule has 0 unspecified atom stereocenters. The fraction of sp³-hybridized carbons (Fsp3) is 0.500. The highest BCUT2D eigenvalue weighted by molar-refractivity contribution is 5.80. The second-order valence-electron chi connectivity index (χ2n) is 6.20. The van der Waals surface area contributed by atoms with Crippen molar-refractivity contribution < 1.29 is 19.4 Å². The van der Waals surface area contributed by atoms with Crippen molar-refractivity contribution in [3.8, 4) is 0 Å². The van der Waals surface area contributed by atoms with Crippen molar-refractivity contribution in [2.75, 3.05) is 18.5 Å². The fourth-order valence-corrected chi connectivity index (χ4v) is 2.00. The van der Waals surface area contributed by atoms with Crippen LogP contribution in [0.4, 0.5) is 10.5 Å². The summed E-state index contributed by atoms with van der Waals surface area (Å²) in [6.07, 6.45) is -0.738. The maximum Gasteiger partial charge on any atom is 0.408 e. The van der Waals surface area contributed by atoms with Gasteiger partial charge >= 0.3 is 12.1 Å². The molecule has 6 heteroatoms. The number of carbonyl (C=O) groups excluding carboxylic acids is 1. The number of nitrogens with zero attached hydrogens (tertiary/aromatic N) is 1. The molecule has 22 heavy (non-hydrogen) atoms. The van der Waals surface area contributed by atoms with E-state index in [0.717, 1.165) is 11.3 Å². The predicted molar refractivity (Wildman–Crippen MR) is 85.2 cm³/mol. The van der Waals surface area contributed by atoms with E-state index in [1.165, 1.54) is 0 Å². The van der Waals surface area contributed by atoms with Crippen molar-refractivity contribution in [3.05, 3.63) is 29.8 Å². The van der Waals surface area contributed by atoms with Crippen LogP contribution in [0.3, 0.4) is 0 Å². The quantitative estimate of drug-likeness (QED) is 0.873. The van der Waals surface area contributed by atoms with E-state index in [0.29, 0.717) is 0 Å². The van der Waals surface area contributed by atoms with Crippen LogP contribution in [0.25, 0.3) is 0 Å². The van der Waals surface area contributed by atoms with Crippen molar-refractivity contribution >= 4 is 17.7 Å². The topological polar surface area (TPSA) is 78.9 Å². The van der Waals surface area contributed by atoms with Crippen LogP contribution < -0.4 is 10.2 Å². The molecule has 0 saturated heterocycles. The summed E-state index contributed by atoms with van der Waals surface area (Å²) in [5, 5.41) is 11.7. The van der Waals surface area contributed by atoms with Gasteiger partial charge in [0.15, 0.2) is 0 Å². The van der Waals surface area contributed by atoms with Crippen molar-refractivity contribution in [2.24, 2.45) is 0 Å². The van der Waals surface area contributed by atoms with Crippen molar-refractivity contribution in [3.63, 3.8) is 0 Å². The third kappa shape index (κ3) is 5.63. The van der Waals surface area contributed by atoms with Crippen LogP contribution in [-0.2, 0) is 9.53 Å². The summed E-state index contributed by atoms with van der Waals surface area (Å²) in [4.78, 5) is 24.9. The molecule has 0 aromatic heterocycles. The second-order valence-corrected chi connectivity index (χ2v) is 6.20. The summed E-state index contributed by atoms with van der Waals surface area (Å²) in [6, 6.07) is 6.60. The van der Waals surface area contributed by atoms with E-state index in [1.54, 1.807) is 32.7 Å². The summed E-state index contributed by atoms with van der Waals surface area (Å²) in [6.45, 7) is 7.26. The molecule has 1 rings (SSSR count). The van der Waals surface area contributed by atoms with Gasteiger partial charge in [0.2, 0.25) is 0 Å². The van der Waals surface area contributed by atoms with E-state index < -0.39 is 23.7 Å². The van der Waals surface area contributed by atoms with Gasteiger partial charge < -0.3 is 20.1 Å². The number of benzene rings is 1. The van der Waals surface area contributed by atoms with Gasteiger partial charge in [0.1, 0.15) is 11.6 Å². The Morgan fingerprint density at radius 3 is 2.41 bits per heavy atom. The van der Waals surface area contributed by atoms with Crippen LogP contribution >= 0.6 is 0 Å². The van der Waals surface area contributed by atoms with Gasteiger partial charge in [-0.05, 0) is 39.3 Å². The molecule has 1 amide bonds. The molecular formula is C16H24N2O4. The highest BCUT2D eigenvalue weighted by atomic mass is 16.6. The Kier molecular flexibility index (Phi) is 5.79. The molecule has 0 aliphatic carbocycles. The Morgan fingerprint density at radius 1 is 1.32 bits per heavy atom. The van der Waals surface area contributed by atoms with Gasteiger partial charge in [-0.15, -0.1) is 0 Å². The zero-order valence-corrected chi connectivity index (χ0v) is 13.7. The summed E-state index contributed by atoms with van der Waals surface area (Å²) < 4.78 is 5.10. The monoisotopic (exact) mass is 308 g/mol. The van der Waals surface area contributed by atoms with Crippen molar-refractivity contribution in [2.45, 2.75) is 39.3 Å². The first kappa shape index (κ1) is 17.8. The first-order chi connectivity index (χ1) is 10.1. The lowest BCUT2D eigenvalue weighted by molar-refractivity contribution is -0.139. The lowest BCUT2D eigenvalue weighted by Gasteiger charge is -2.26. The Morgan fingerprint density at radius 2 is 1.91 bits per heavy atom. The lowest BCUT2D eigenvalue weighted by Crippen LogP contribution is -2.49. The average molecular weight is 308 g/mol. The highest BCUT2D eigenvalue weighted by Gasteiger charge is 2.25. The molecular weight excluding hydrogens is 284 g/mol. The zero-order chi connectivity index (χ0) is 16.9. The number of carbonyl (C=O) groups is 2. The van der Waals surface area contributed by atoms with Crippen LogP contribution in [0.1, 0.15) is 26.3 Å². The molecule has 1 atom stereocenters. The Balaban J connectivity index is 2.75. The number of aryl methyl sites for hydroxylation is 1. The summed E-state index contributed by atoms with van der Waals surface area (Å²) in [7, 11) is 1.79. The molecule has 0 spiro atoms. The number of para-hydroxylation sites is 1. The number of nitrogens with one attached hydrogen (secondary N) is 1. The molecule has 6 nitrogen and oxygen atoms in total. The van der Waals surface area contributed by atoms with Crippen LogP contribution in [-0.4, -0.2) is 42.4 Å². The van der Waals surface area contributed by atoms with Crippen molar-refractivity contribution in [1.29, 1.82) is 0 Å². The molecule has 1 aromatic rings. The lowest BCUT2D eigenvalue weighted by atomic mass is 10.1. The first-order valence-corrected chi connectivity index (χ1v) is 7.09. The van der Waals surface area contributed by atoms with Crippen molar-refractivity contribution in [1.82, 2.24) is 5.32 Å². The molecule has 0 aliphatic heterocycles. The van der Waals surface area contributed by atoms with Crippen LogP contribution in [0, 0.1) is 6.92 Å². The van der Waals surface area contributed by atoms with Gasteiger partial charge in [0.05, 0.1) is 0 Å². The number of carboxylic acids is 1. The number of alkyl carbamates (subject to hydrolysis) is 1. The van der Waals surface area contributed by atoms with Gasteiger partial charge in [-0.3, -0.25) is 0 Å². The zero-order valence-electron chi connectivity index (χ0n) is 13.7. The molecule has 0 saturated carbocycles. The number of amides is 1. The number of hydrogen-bond donors (Lipinski definition) is 2. The third-order valence-corrected chi connectivity index (χ3v) is 2.97. The van der Waals surface area contributed by atoms with E-state index in [-0.39, 0.29) is 6.54 Å². The smallest absolute Gasteiger partial charge is 0.408 e. The normalized spacial score (nSPS) is 12.4. The van der Waals surface area contributed by atoms with Gasteiger partial charge in [-0.25, -0.2) is 9.59 Å². The number of anilines is 1. The minimum absolute atomic E-state index is 0.138. The molecule has 0 radical (unpaired) electrons. The number of hydrogen-bond acceptors (Lipinski definition) is 4. The van der Waals surface area contributed by atoms with Gasteiger partial charge in [-0.2, -0.15) is 0 Å².